The molecule has 1 aliphatic carbocycles. The standard InChI is InChI=1S/C13H17FO/c14-13(15,12-8-4-5-9-12)10-11-6-2-1-3-7-11/h1-3,6-7,12,15H,4-5,8-10H2/t13-/m1/s1. The molecule has 0 saturated heterocycles. The summed E-state index contributed by atoms with van der Waals surface area (Å²) in [5, 5.41) is 9.80. The van der Waals surface area contributed by atoms with Gasteiger partial charge in [-0.1, -0.05) is 43.2 Å². The van der Waals surface area contributed by atoms with Gasteiger partial charge in [0.25, 0.3) is 0 Å². The van der Waals surface area contributed by atoms with E-state index in [0.717, 1.165) is 31.2 Å². The van der Waals surface area contributed by atoms with Crippen LogP contribution in [0.3, 0.4) is 0 Å². The summed E-state index contributed by atoms with van der Waals surface area (Å²) in [6, 6.07) is 9.37. The summed E-state index contributed by atoms with van der Waals surface area (Å²) >= 11 is 0. The monoisotopic (exact) mass is 208 g/mol. The molecule has 1 nitrogen and oxygen atoms in total. The highest BCUT2D eigenvalue weighted by Gasteiger charge is 2.38. The maximum atomic E-state index is 14.0. The Morgan fingerprint density at radius 1 is 1.20 bits per heavy atom. The minimum Gasteiger partial charge on any atom is -0.361 e. The zero-order valence-corrected chi connectivity index (χ0v) is 8.82. The van der Waals surface area contributed by atoms with Crippen LogP contribution in [0, 0.1) is 5.92 Å². The van der Waals surface area contributed by atoms with Crippen LogP contribution in [0.4, 0.5) is 4.39 Å². The first-order valence-corrected chi connectivity index (χ1v) is 5.64. The third kappa shape index (κ3) is 2.57. The summed E-state index contributed by atoms with van der Waals surface area (Å²) in [7, 11) is 0. The lowest BCUT2D eigenvalue weighted by Gasteiger charge is -2.25. The zero-order valence-electron chi connectivity index (χ0n) is 8.82. The Bertz CT molecular complexity index is 302. The van der Waals surface area contributed by atoms with Gasteiger partial charge < -0.3 is 5.11 Å². The molecule has 0 amide bonds. The molecular weight excluding hydrogens is 191 g/mol. The van der Waals surface area contributed by atoms with Crippen LogP contribution in [0.1, 0.15) is 31.2 Å². The van der Waals surface area contributed by atoms with Gasteiger partial charge in [-0.05, 0) is 18.4 Å². The molecule has 1 N–H and O–H groups in total. The Morgan fingerprint density at radius 3 is 2.40 bits per heavy atom. The molecular formula is C13H17FO. The summed E-state index contributed by atoms with van der Waals surface area (Å²) in [6.45, 7) is 0. The number of benzene rings is 1. The fourth-order valence-corrected chi connectivity index (χ4v) is 2.39. The van der Waals surface area contributed by atoms with Crippen LogP contribution in [-0.2, 0) is 6.42 Å². The highest BCUT2D eigenvalue weighted by atomic mass is 19.2. The summed E-state index contributed by atoms with van der Waals surface area (Å²) in [5.74, 6) is -2.18. The number of halogens is 1. The Labute approximate surface area is 89.9 Å². The smallest absolute Gasteiger partial charge is 0.213 e. The van der Waals surface area contributed by atoms with E-state index in [4.69, 9.17) is 0 Å². The lowest BCUT2D eigenvalue weighted by atomic mass is 9.92. The van der Waals surface area contributed by atoms with Gasteiger partial charge in [0, 0.05) is 12.3 Å². The molecule has 0 spiro atoms. The van der Waals surface area contributed by atoms with Crippen molar-refractivity contribution in [3.05, 3.63) is 35.9 Å². The average Bonchev–Trinajstić information content (AvgIpc) is 2.71. The van der Waals surface area contributed by atoms with E-state index in [1.165, 1.54) is 0 Å². The Hall–Kier alpha value is -0.890. The van der Waals surface area contributed by atoms with Gasteiger partial charge in [0.05, 0.1) is 0 Å². The minimum atomic E-state index is -2.02. The second-order valence-electron chi connectivity index (χ2n) is 4.46. The molecule has 1 aromatic carbocycles. The normalized spacial score (nSPS) is 21.5. The van der Waals surface area contributed by atoms with Gasteiger partial charge in [0.1, 0.15) is 0 Å². The maximum absolute atomic E-state index is 14.0. The summed E-state index contributed by atoms with van der Waals surface area (Å²) in [4.78, 5) is 0. The topological polar surface area (TPSA) is 20.2 Å². The SMILES string of the molecule is O[C@](F)(Cc1ccccc1)C1CCCC1. The summed E-state index contributed by atoms with van der Waals surface area (Å²) in [6.07, 6.45) is 3.86. The minimum absolute atomic E-state index is 0.124. The van der Waals surface area contributed by atoms with Gasteiger partial charge in [-0.2, -0.15) is 0 Å². The summed E-state index contributed by atoms with van der Waals surface area (Å²) < 4.78 is 14.0. The van der Waals surface area contributed by atoms with Crippen LogP contribution < -0.4 is 0 Å². The number of rotatable bonds is 3. The molecule has 0 aromatic heterocycles. The molecule has 1 atom stereocenters. The van der Waals surface area contributed by atoms with Gasteiger partial charge >= 0.3 is 0 Å². The van der Waals surface area contributed by atoms with E-state index in [0.29, 0.717) is 0 Å². The van der Waals surface area contributed by atoms with E-state index in [1.54, 1.807) is 0 Å². The lowest BCUT2D eigenvalue weighted by molar-refractivity contribution is -0.132. The van der Waals surface area contributed by atoms with Gasteiger partial charge in [0.15, 0.2) is 0 Å². The predicted octanol–water partition coefficient (Wildman–Crippen LogP) is 3.08. The molecule has 0 radical (unpaired) electrons. The van der Waals surface area contributed by atoms with Crippen LogP contribution in [0.2, 0.25) is 0 Å². The fourth-order valence-electron chi connectivity index (χ4n) is 2.39. The van der Waals surface area contributed by atoms with Gasteiger partial charge in [-0.15, -0.1) is 0 Å². The molecule has 1 saturated carbocycles. The molecule has 1 aliphatic rings. The van der Waals surface area contributed by atoms with Crippen molar-refractivity contribution >= 4 is 0 Å². The van der Waals surface area contributed by atoms with E-state index < -0.39 is 5.85 Å². The van der Waals surface area contributed by atoms with Crippen molar-refractivity contribution in [2.24, 2.45) is 5.92 Å². The van der Waals surface area contributed by atoms with Crippen LogP contribution in [0.5, 0.6) is 0 Å². The number of aliphatic hydroxyl groups is 1. The fraction of sp³-hybridized carbons (Fsp3) is 0.538. The second-order valence-corrected chi connectivity index (χ2v) is 4.46. The van der Waals surface area contributed by atoms with Gasteiger partial charge in [-0.3, -0.25) is 0 Å². The van der Waals surface area contributed by atoms with Crippen LogP contribution in [0.15, 0.2) is 30.3 Å². The molecule has 0 aliphatic heterocycles. The number of hydrogen-bond acceptors (Lipinski definition) is 1. The molecule has 1 aromatic rings. The molecule has 2 rings (SSSR count). The third-order valence-electron chi connectivity index (χ3n) is 3.28. The van der Waals surface area contributed by atoms with Crippen LogP contribution in [0.25, 0.3) is 0 Å². The lowest BCUT2D eigenvalue weighted by Crippen LogP contribution is -2.33. The van der Waals surface area contributed by atoms with Crippen molar-refractivity contribution in [1.29, 1.82) is 0 Å². The van der Waals surface area contributed by atoms with Crippen molar-refractivity contribution in [1.82, 2.24) is 0 Å². The first kappa shape index (κ1) is 10.6. The van der Waals surface area contributed by atoms with Gasteiger partial charge in [0.2, 0.25) is 5.85 Å². The summed E-state index contributed by atoms with van der Waals surface area (Å²) in [5.41, 5.74) is 0.870. The first-order valence-electron chi connectivity index (χ1n) is 5.64. The van der Waals surface area contributed by atoms with E-state index in [1.807, 2.05) is 30.3 Å². The first-order chi connectivity index (χ1) is 7.18. The molecule has 0 heterocycles. The van der Waals surface area contributed by atoms with Crippen molar-refractivity contribution in [2.75, 3.05) is 0 Å². The van der Waals surface area contributed by atoms with Crippen molar-refractivity contribution in [3.8, 4) is 0 Å². The largest absolute Gasteiger partial charge is 0.361 e. The van der Waals surface area contributed by atoms with Gasteiger partial charge in [-0.25, -0.2) is 4.39 Å². The molecule has 1 fully saturated rings. The van der Waals surface area contributed by atoms with E-state index in [9.17, 15) is 9.50 Å². The van der Waals surface area contributed by atoms with Crippen LogP contribution >= 0.6 is 0 Å². The molecule has 82 valence electrons. The number of alkyl halides is 1. The van der Waals surface area contributed by atoms with E-state index in [2.05, 4.69) is 0 Å². The molecule has 0 unspecified atom stereocenters. The molecule has 15 heavy (non-hydrogen) atoms. The quantitative estimate of drug-likeness (QED) is 0.809. The highest BCUT2D eigenvalue weighted by Crippen LogP contribution is 2.36. The maximum Gasteiger partial charge on any atom is 0.213 e. The predicted molar refractivity (Wildman–Crippen MR) is 58.2 cm³/mol. The molecule has 0 bridgehead atoms. The Balaban J connectivity index is 2.03. The highest BCUT2D eigenvalue weighted by molar-refractivity contribution is 5.16. The van der Waals surface area contributed by atoms with Crippen molar-refractivity contribution in [3.63, 3.8) is 0 Å². The third-order valence-corrected chi connectivity index (χ3v) is 3.28. The Kier molecular flexibility index (Phi) is 3.06. The Morgan fingerprint density at radius 2 is 1.80 bits per heavy atom. The van der Waals surface area contributed by atoms with Crippen molar-refractivity contribution < 1.29 is 9.50 Å². The zero-order chi connectivity index (χ0) is 10.7. The average molecular weight is 208 g/mol. The van der Waals surface area contributed by atoms with Crippen LogP contribution in [-0.4, -0.2) is 11.0 Å². The van der Waals surface area contributed by atoms with Crippen molar-refractivity contribution in [2.45, 2.75) is 38.0 Å². The molecule has 2 heteroatoms. The van der Waals surface area contributed by atoms with E-state index in [-0.39, 0.29) is 12.3 Å². The second kappa shape index (κ2) is 4.31. The number of hydrogen-bond donors (Lipinski definition) is 1. The van der Waals surface area contributed by atoms with E-state index >= 15 is 0 Å².